The molecule has 1 aromatic carbocycles. The van der Waals surface area contributed by atoms with E-state index in [4.69, 9.17) is 16.3 Å². The van der Waals surface area contributed by atoms with Gasteiger partial charge < -0.3 is 15.0 Å². The molecule has 6 heteroatoms. The molecule has 0 spiro atoms. The first-order valence-electron chi connectivity index (χ1n) is 7.38. The fourth-order valence-corrected chi connectivity index (χ4v) is 2.87. The second-order valence-electron chi connectivity index (χ2n) is 6.24. The number of rotatable bonds is 3. The predicted octanol–water partition coefficient (Wildman–Crippen LogP) is 3.58. The minimum atomic E-state index is -0.487. The first-order chi connectivity index (χ1) is 10.3. The lowest BCUT2D eigenvalue weighted by Crippen LogP contribution is -2.49. The molecule has 0 bridgehead atoms. The van der Waals surface area contributed by atoms with Crippen molar-refractivity contribution in [3.63, 3.8) is 0 Å². The van der Waals surface area contributed by atoms with Crippen LogP contribution in [0.1, 0.15) is 32.3 Å². The average molecular weight is 329 g/mol. The monoisotopic (exact) mass is 328 g/mol. The van der Waals surface area contributed by atoms with Crippen molar-refractivity contribution < 1.29 is 13.9 Å². The number of halogens is 2. The van der Waals surface area contributed by atoms with Crippen LogP contribution in [0, 0.1) is 5.82 Å². The van der Waals surface area contributed by atoms with E-state index in [0.717, 1.165) is 12.8 Å². The van der Waals surface area contributed by atoms with Gasteiger partial charge in [-0.25, -0.2) is 9.18 Å². The summed E-state index contributed by atoms with van der Waals surface area (Å²) in [5.41, 5.74) is 0.151. The van der Waals surface area contributed by atoms with Crippen molar-refractivity contribution in [3.05, 3.63) is 34.6 Å². The van der Waals surface area contributed by atoms with E-state index in [9.17, 15) is 9.18 Å². The standard InChI is InChI=1S/C16H22ClFN2O2/c1-16(2)9-12(7-8-22-16)20(3)15(21)19-10-11-5-4-6-13(17)14(11)18/h4-6,12H,7-10H2,1-3H3,(H,19,21)/t12-/m0/s1. The summed E-state index contributed by atoms with van der Waals surface area (Å²) in [5, 5.41) is 2.80. The fourth-order valence-electron chi connectivity index (χ4n) is 2.68. The average Bonchev–Trinajstić information content (AvgIpc) is 2.46. The maximum Gasteiger partial charge on any atom is 0.317 e. The van der Waals surface area contributed by atoms with E-state index >= 15 is 0 Å². The first kappa shape index (κ1) is 17.0. The third-order valence-electron chi connectivity index (χ3n) is 4.00. The number of ether oxygens (including phenoxy) is 1. The Hall–Kier alpha value is -1.33. The summed E-state index contributed by atoms with van der Waals surface area (Å²) in [6.07, 6.45) is 1.58. The number of carbonyl (C=O) groups excluding carboxylic acids is 1. The van der Waals surface area contributed by atoms with Crippen molar-refractivity contribution in [3.8, 4) is 0 Å². The highest BCUT2D eigenvalue weighted by molar-refractivity contribution is 6.30. The van der Waals surface area contributed by atoms with Gasteiger partial charge in [0.1, 0.15) is 5.82 Å². The summed E-state index contributed by atoms with van der Waals surface area (Å²) in [7, 11) is 1.76. The van der Waals surface area contributed by atoms with Crippen molar-refractivity contribution in [1.82, 2.24) is 10.2 Å². The Morgan fingerprint density at radius 2 is 2.27 bits per heavy atom. The van der Waals surface area contributed by atoms with Crippen LogP contribution >= 0.6 is 11.6 Å². The van der Waals surface area contributed by atoms with Crippen LogP contribution in [-0.2, 0) is 11.3 Å². The smallest absolute Gasteiger partial charge is 0.317 e. The maximum atomic E-state index is 13.8. The van der Waals surface area contributed by atoms with Gasteiger partial charge in [0.05, 0.1) is 10.6 Å². The zero-order valence-corrected chi connectivity index (χ0v) is 13.9. The van der Waals surface area contributed by atoms with E-state index in [-0.39, 0.29) is 29.2 Å². The molecule has 1 aromatic rings. The molecule has 1 atom stereocenters. The van der Waals surface area contributed by atoms with E-state index in [0.29, 0.717) is 12.2 Å². The van der Waals surface area contributed by atoms with E-state index < -0.39 is 5.82 Å². The van der Waals surface area contributed by atoms with Gasteiger partial charge in [0.15, 0.2) is 0 Å². The Labute approximate surface area is 135 Å². The summed E-state index contributed by atoms with van der Waals surface area (Å²) in [6, 6.07) is 4.66. The van der Waals surface area contributed by atoms with Crippen LogP contribution in [-0.4, -0.2) is 36.2 Å². The van der Waals surface area contributed by atoms with Crippen LogP contribution in [0.25, 0.3) is 0 Å². The summed E-state index contributed by atoms with van der Waals surface area (Å²) >= 11 is 5.73. The maximum absolute atomic E-state index is 13.8. The van der Waals surface area contributed by atoms with Gasteiger partial charge in [-0.15, -0.1) is 0 Å². The van der Waals surface area contributed by atoms with Crippen LogP contribution in [0.2, 0.25) is 5.02 Å². The zero-order valence-electron chi connectivity index (χ0n) is 13.2. The van der Waals surface area contributed by atoms with E-state index in [1.54, 1.807) is 24.1 Å². The quantitative estimate of drug-likeness (QED) is 0.921. The highest BCUT2D eigenvalue weighted by Crippen LogP contribution is 2.26. The number of nitrogens with one attached hydrogen (secondary N) is 1. The predicted molar refractivity (Wildman–Crippen MR) is 84.5 cm³/mol. The van der Waals surface area contributed by atoms with Gasteiger partial charge in [-0.2, -0.15) is 0 Å². The van der Waals surface area contributed by atoms with Crippen molar-refractivity contribution in [1.29, 1.82) is 0 Å². The normalized spacial score (nSPS) is 20.5. The summed E-state index contributed by atoms with van der Waals surface area (Å²) < 4.78 is 19.5. The molecule has 0 saturated carbocycles. The molecule has 0 aromatic heterocycles. The number of amides is 2. The van der Waals surface area contributed by atoms with Gasteiger partial charge in [-0.1, -0.05) is 23.7 Å². The van der Waals surface area contributed by atoms with Crippen LogP contribution in [0.3, 0.4) is 0 Å². The molecule has 2 amide bonds. The summed E-state index contributed by atoms with van der Waals surface area (Å²) in [4.78, 5) is 13.9. The zero-order chi connectivity index (χ0) is 16.3. The Morgan fingerprint density at radius 3 is 2.95 bits per heavy atom. The molecule has 1 aliphatic rings. The molecule has 0 unspecified atom stereocenters. The molecule has 4 nitrogen and oxygen atoms in total. The number of benzene rings is 1. The summed E-state index contributed by atoms with van der Waals surface area (Å²) in [6.45, 7) is 4.79. The largest absolute Gasteiger partial charge is 0.375 e. The van der Waals surface area contributed by atoms with Crippen LogP contribution < -0.4 is 5.32 Å². The molecule has 2 rings (SSSR count). The van der Waals surface area contributed by atoms with E-state index in [2.05, 4.69) is 5.32 Å². The Morgan fingerprint density at radius 1 is 1.55 bits per heavy atom. The van der Waals surface area contributed by atoms with Crippen molar-refractivity contribution >= 4 is 17.6 Å². The number of carbonyl (C=O) groups is 1. The van der Waals surface area contributed by atoms with Crippen LogP contribution in [0.4, 0.5) is 9.18 Å². The molecule has 1 fully saturated rings. The Kier molecular flexibility index (Phi) is 5.29. The number of hydrogen-bond donors (Lipinski definition) is 1. The van der Waals surface area contributed by atoms with Crippen LogP contribution in [0.15, 0.2) is 18.2 Å². The molecule has 1 aliphatic heterocycles. The van der Waals surface area contributed by atoms with Crippen molar-refractivity contribution in [2.24, 2.45) is 0 Å². The Balaban J connectivity index is 1.93. The van der Waals surface area contributed by atoms with Gasteiger partial charge in [0.2, 0.25) is 0 Å². The first-order valence-corrected chi connectivity index (χ1v) is 7.75. The third kappa shape index (κ3) is 4.11. The molecule has 0 radical (unpaired) electrons. The minimum Gasteiger partial charge on any atom is -0.375 e. The third-order valence-corrected chi connectivity index (χ3v) is 4.29. The van der Waals surface area contributed by atoms with Gasteiger partial charge in [0.25, 0.3) is 0 Å². The van der Waals surface area contributed by atoms with Gasteiger partial charge >= 0.3 is 6.03 Å². The van der Waals surface area contributed by atoms with E-state index in [1.165, 1.54) is 6.07 Å². The molecular formula is C16H22ClFN2O2. The van der Waals surface area contributed by atoms with Gasteiger partial charge in [-0.3, -0.25) is 0 Å². The fraction of sp³-hybridized carbons (Fsp3) is 0.562. The van der Waals surface area contributed by atoms with Crippen molar-refractivity contribution in [2.45, 2.75) is 44.9 Å². The molecule has 122 valence electrons. The SMILES string of the molecule is CN(C(=O)NCc1cccc(Cl)c1F)[C@H]1CCOC(C)(C)C1. The van der Waals surface area contributed by atoms with E-state index in [1.807, 2.05) is 13.8 Å². The number of nitrogens with zero attached hydrogens (tertiary/aromatic N) is 1. The second-order valence-corrected chi connectivity index (χ2v) is 6.64. The van der Waals surface area contributed by atoms with Gasteiger partial charge in [0, 0.05) is 31.8 Å². The highest BCUT2D eigenvalue weighted by atomic mass is 35.5. The lowest BCUT2D eigenvalue weighted by molar-refractivity contribution is -0.0744. The lowest BCUT2D eigenvalue weighted by atomic mass is 9.93. The Bertz CT molecular complexity index is 551. The lowest BCUT2D eigenvalue weighted by Gasteiger charge is -2.39. The molecule has 1 saturated heterocycles. The highest BCUT2D eigenvalue weighted by Gasteiger charge is 2.32. The second kappa shape index (κ2) is 6.84. The summed E-state index contributed by atoms with van der Waals surface area (Å²) in [5.74, 6) is -0.487. The van der Waals surface area contributed by atoms with Gasteiger partial charge in [-0.05, 0) is 32.8 Å². The topological polar surface area (TPSA) is 41.6 Å². The minimum absolute atomic E-state index is 0.0614. The number of hydrogen-bond acceptors (Lipinski definition) is 2. The number of urea groups is 1. The van der Waals surface area contributed by atoms with Crippen LogP contribution in [0.5, 0.6) is 0 Å². The molecule has 1 heterocycles. The molecular weight excluding hydrogens is 307 g/mol. The molecule has 22 heavy (non-hydrogen) atoms. The molecule has 0 aliphatic carbocycles. The van der Waals surface area contributed by atoms with Crippen molar-refractivity contribution in [2.75, 3.05) is 13.7 Å². The molecule has 1 N–H and O–H groups in total.